The highest BCUT2D eigenvalue weighted by atomic mass is 16.5. The molecule has 126 valence electrons. The van der Waals surface area contributed by atoms with Gasteiger partial charge in [-0.2, -0.15) is 0 Å². The quantitative estimate of drug-likeness (QED) is 0.525. The number of nitrogens with zero attached hydrogens (tertiary/aromatic N) is 1. The second kappa shape index (κ2) is 6.68. The van der Waals surface area contributed by atoms with Gasteiger partial charge < -0.3 is 9.84 Å². The molecule has 0 saturated carbocycles. The van der Waals surface area contributed by atoms with E-state index in [4.69, 9.17) is 9.84 Å². The van der Waals surface area contributed by atoms with E-state index in [0.29, 0.717) is 22.4 Å². The highest BCUT2D eigenvalue weighted by Gasteiger charge is 2.32. The third-order valence-corrected chi connectivity index (χ3v) is 3.97. The molecule has 0 heterocycles. The van der Waals surface area contributed by atoms with E-state index in [1.165, 1.54) is 7.11 Å². The predicted molar refractivity (Wildman–Crippen MR) is 91.5 cm³/mol. The van der Waals surface area contributed by atoms with Crippen molar-refractivity contribution in [1.82, 2.24) is 0 Å². The molecule has 1 N–H and O–H groups in total. The van der Waals surface area contributed by atoms with Gasteiger partial charge in [0, 0.05) is 12.0 Å². The van der Waals surface area contributed by atoms with Gasteiger partial charge in [-0.1, -0.05) is 36.4 Å². The molecule has 3 rings (SSSR count). The van der Waals surface area contributed by atoms with Gasteiger partial charge in [0.2, 0.25) is 11.6 Å². The molecule has 0 bridgehead atoms. The van der Waals surface area contributed by atoms with Crippen LogP contribution in [0, 0.1) is 0 Å². The zero-order valence-corrected chi connectivity index (χ0v) is 13.5. The molecule has 6 heteroatoms. The third kappa shape index (κ3) is 3.06. The molecular formula is C19H15NO5. The van der Waals surface area contributed by atoms with Gasteiger partial charge in [-0.3, -0.25) is 14.4 Å². The van der Waals surface area contributed by atoms with Crippen LogP contribution in [0.1, 0.15) is 33.6 Å². The Hall–Kier alpha value is -3.28. The molecule has 0 amide bonds. The first-order chi connectivity index (χ1) is 12.0. The van der Waals surface area contributed by atoms with E-state index in [2.05, 4.69) is 4.99 Å². The van der Waals surface area contributed by atoms with Gasteiger partial charge in [-0.05, 0) is 17.2 Å². The number of hydrogen-bond donors (Lipinski definition) is 1. The van der Waals surface area contributed by atoms with Gasteiger partial charge in [0.05, 0.1) is 24.8 Å². The Bertz CT molecular complexity index is 914. The van der Waals surface area contributed by atoms with Gasteiger partial charge in [0.15, 0.2) is 5.90 Å². The van der Waals surface area contributed by atoms with Crippen molar-refractivity contribution in [3.05, 3.63) is 53.6 Å². The number of rotatable bonds is 4. The van der Waals surface area contributed by atoms with Crippen LogP contribution < -0.4 is 0 Å². The molecule has 0 radical (unpaired) electrons. The average Bonchev–Trinajstić information content (AvgIpc) is 2.62. The van der Waals surface area contributed by atoms with Crippen LogP contribution in [-0.2, 0) is 9.53 Å². The lowest BCUT2D eigenvalue weighted by molar-refractivity contribution is -0.136. The van der Waals surface area contributed by atoms with E-state index in [1.54, 1.807) is 42.5 Å². The summed E-state index contributed by atoms with van der Waals surface area (Å²) in [5, 5.41) is 8.79. The summed E-state index contributed by atoms with van der Waals surface area (Å²) in [6.07, 6.45) is -0.0500. The highest BCUT2D eigenvalue weighted by Crippen LogP contribution is 2.38. The van der Waals surface area contributed by atoms with Gasteiger partial charge >= 0.3 is 5.97 Å². The Morgan fingerprint density at radius 3 is 2.32 bits per heavy atom. The summed E-state index contributed by atoms with van der Waals surface area (Å²) in [6.45, 7) is 0. The number of carbonyl (C=O) groups excluding carboxylic acids is 2. The summed E-state index contributed by atoms with van der Waals surface area (Å²) in [5.74, 6) is -1.98. The molecule has 0 saturated heterocycles. The molecule has 0 atom stereocenters. The number of Topliss-reactive ketones (excluding diaryl/α,β-unsaturated/α-hetero) is 2. The van der Waals surface area contributed by atoms with Crippen LogP contribution in [-0.4, -0.2) is 35.6 Å². The number of ether oxygens (including phenoxy) is 1. The van der Waals surface area contributed by atoms with E-state index < -0.39 is 17.5 Å². The van der Waals surface area contributed by atoms with Crippen LogP contribution in [0.3, 0.4) is 0 Å². The molecule has 2 aromatic carbocycles. The fourth-order valence-corrected chi connectivity index (χ4v) is 2.80. The Kier molecular flexibility index (Phi) is 4.43. The van der Waals surface area contributed by atoms with Gasteiger partial charge in [0.1, 0.15) is 0 Å². The van der Waals surface area contributed by atoms with Gasteiger partial charge in [0.25, 0.3) is 0 Å². The molecule has 0 aliphatic heterocycles. The Morgan fingerprint density at radius 1 is 0.960 bits per heavy atom. The van der Waals surface area contributed by atoms with Crippen molar-refractivity contribution in [3.8, 4) is 11.1 Å². The summed E-state index contributed by atoms with van der Waals surface area (Å²) in [6, 6.07) is 12.0. The smallest absolute Gasteiger partial charge is 0.303 e. The van der Waals surface area contributed by atoms with Crippen molar-refractivity contribution in [2.24, 2.45) is 4.99 Å². The number of aliphatic carboxylic acids is 1. The van der Waals surface area contributed by atoms with E-state index in [9.17, 15) is 14.4 Å². The number of carbonyl (C=O) groups is 3. The van der Waals surface area contributed by atoms with Crippen molar-refractivity contribution < 1.29 is 24.2 Å². The number of carboxylic acids is 1. The molecule has 0 unspecified atom stereocenters. The molecule has 6 nitrogen and oxygen atoms in total. The maximum Gasteiger partial charge on any atom is 0.303 e. The lowest BCUT2D eigenvalue weighted by atomic mass is 9.83. The molecule has 25 heavy (non-hydrogen) atoms. The lowest BCUT2D eigenvalue weighted by Crippen LogP contribution is -2.21. The highest BCUT2D eigenvalue weighted by molar-refractivity contribution is 6.53. The number of methoxy groups -OCH3 is 1. The van der Waals surface area contributed by atoms with Crippen LogP contribution in [0.5, 0.6) is 0 Å². The second-order valence-corrected chi connectivity index (χ2v) is 5.51. The number of ketones is 2. The summed E-state index contributed by atoms with van der Waals surface area (Å²) >= 11 is 0. The van der Waals surface area contributed by atoms with Crippen LogP contribution in [0.4, 0.5) is 5.69 Å². The average molecular weight is 337 g/mol. The maximum absolute atomic E-state index is 12.6. The van der Waals surface area contributed by atoms with Gasteiger partial charge in [-0.15, -0.1) is 0 Å². The minimum Gasteiger partial charge on any atom is -0.484 e. The fraction of sp³-hybridized carbons (Fsp3) is 0.158. The number of fused-ring (bicyclic) bond motifs is 3. The Morgan fingerprint density at radius 2 is 1.64 bits per heavy atom. The molecule has 0 fully saturated rings. The summed E-state index contributed by atoms with van der Waals surface area (Å²) in [5.41, 5.74) is 2.21. The van der Waals surface area contributed by atoms with Crippen molar-refractivity contribution >= 4 is 29.1 Å². The SMILES string of the molecule is COC(CCC(=O)O)=Nc1cccc2c1C(=O)C(=O)c1ccccc1-2. The summed E-state index contributed by atoms with van der Waals surface area (Å²) in [7, 11) is 1.39. The molecule has 1 aliphatic carbocycles. The predicted octanol–water partition coefficient (Wildman–Crippen LogP) is 3.27. The molecule has 0 aromatic heterocycles. The summed E-state index contributed by atoms with van der Waals surface area (Å²) < 4.78 is 5.12. The van der Waals surface area contributed by atoms with Crippen LogP contribution in [0.2, 0.25) is 0 Å². The topological polar surface area (TPSA) is 93.0 Å². The van der Waals surface area contributed by atoms with E-state index in [-0.39, 0.29) is 24.3 Å². The zero-order chi connectivity index (χ0) is 18.0. The summed E-state index contributed by atoms with van der Waals surface area (Å²) in [4.78, 5) is 40.0. The standard InChI is InChI=1S/C19H15NO5/c1-25-15(9-10-16(21)22)20-14-8-4-7-12-11-5-2-3-6-13(11)18(23)19(24)17(12)14/h2-8H,9-10H2,1H3,(H,21,22). The monoisotopic (exact) mass is 337 g/mol. The Labute approximate surface area is 143 Å². The molecule has 2 aromatic rings. The number of carboxylic acid groups (broad SMARTS) is 1. The van der Waals surface area contributed by atoms with E-state index >= 15 is 0 Å². The lowest BCUT2D eigenvalue weighted by Gasteiger charge is -2.19. The fourth-order valence-electron chi connectivity index (χ4n) is 2.80. The van der Waals surface area contributed by atoms with Crippen molar-refractivity contribution in [1.29, 1.82) is 0 Å². The molecule has 1 aliphatic rings. The minimum absolute atomic E-state index is 0.0915. The van der Waals surface area contributed by atoms with Crippen LogP contribution >= 0.6 is 0 Å². The van der Waals surface area contributed by atoms with Gasteiger partial charge in [-0.25, -0.2) is 4.99 Å². The first kappa shape index (κ1) is 16.6. The second-order valence-electron chi connectivity index (χ2n) is 5.51. The number of hydrogen-bond acceptors (Lipinski definition) is 5. The molecular weight excluding hydrogens is 322 g/mol. The van der Waals surface area contributed by atoms with E-state index in [0.717, 1.165) is 0 Å². The zero-order valence-electron chi connectivity index (χ0n) is 13.5. The van der Waals surface area contributed by atoms with Crippen molar-refractivity contribution in [3.63, 3.8) is 0 Å². The van der Waals surface area contributed by atoms with Crippen molar-refractivity contribution in [2.45, 2.75) is 12.8 Å². The first-order valence-electron chi connectivity index (χ1n) is 7.67. The Balaban J connectivity index is 2.13. The normalized spacial score (nSPS) is 13.2. The minimum atomic E-state index is -0.972. The number of aliphatic imine (C=N–C) groups is 1. The maximum atomic E-state index is 12.6. The molecule has 0 spiro atoms. The van der Waals surface area contributed by atoms with E-state index in [1.807, 2.05) is 0 Å². The third-order valence-electron chi connectivity index (χ3n) is 3.97. The largest absolute Gasteiger partial charge is 0.484 e. The number of benzene rings is 2. The first-order valence-corrected chi connectivity index (χ1v) is 7.67. The van der Waals surface area contributed by atoms with Crippen LogP contribution in [0.15, 0.2) is 47.5 Å². The van der Waals surface area contributed by atoms with Crippen LogP contribution in [0.25, 0.3) is 11.1 Å². The van der Waals surface area contributed by atoms with Crippen molar-refractivity contribution in [2.75, 3.05) is 7.11 Å².